The van der Waals surface area contributed by atoms with E-state index in [-0.39, 0.29) is 0 Å². The highest BCUT2D eigenvalue weighted by Gasteiger charge is 2.26. The Morgan fingerprint density at radius 3 is 2.82 bits per heavy atom. The molecule has 1 fully saturated rings. The Balaban J connectivity index is 2.05. The van der Waals surface area contributed by atoms with E-state index in [2.05, 4.69) is 4.98 Å². The first-order valence-corrected chi connectivity index (χ1v) is 6.09. The van der Waals surface area contributed by atoms with Crippen LogP contribution in [0.2, 0.25) is 0 Å². The molecule has 1 aromatic heterocycles. The van der Waals surface area contributed by atoms with Crippen LogP contribution in [0.25, 0.3) is 0 Å². The van der Waals surface area contributed by atoms with Crippen molar-refractivity contribution in [3.63, 3.8) is 0 Å². The first-order chi connectivity index (χ1) is 8.25. The average Bonchev–Trinajstić information content (AvgIpc) is 2.98. The highest BCUT2D eigenvalue weighted by molar-refractivity contribution is 5.89. The fraction of sp³-hybridized carbons (Fsp3) is 0.538. The van der Waals surface area contributed by atoms with Crippen LogP contribution in [0.5, 0.6) is 0 Å². The Morgan fingerprint density at radius 1 is 1.35 bits per heavy atom. The van der Waals surface area contributed by atoms with Crippen LogP contribution in [0.1, 0.15) is 58.9 Å². The standard InChI is InChI=1S/C13H15NO3/c15-13(16)9-5-11(8-3-1-2-4-8)14-12-7-17-6-10(9)12/h5,8H,1-4,6-7H2,(H,15,16). The van der Waals surface area contributed by atoms with Crippen molar-refractivity contribution in [2.24, 2.45) is 0 Å². The maximum Gasteiger partial charge on any atom is 0.336 e. The second-order valence-corrected chi connectivity index (χ2v) is 4.80. The maximum atomic E-state index is 11.2. The second-order valence-electron chi connectivity index (χ2n) is 4.80. The van der Waals surface area contributed by atoms with E-state index in [1.54, 1.807) is 6.07 Å². The van der Waals surface area contributed by atoms with Crippen molar-refractivity contribution >= 4 is 5.97 Å². The number of hydrogen-bond donors (Lipinski definition) is 1. The van der Waals surface area contributed by atoms with Gasteiger partial charge >= 0.3 is 5.97 Å². The Morgan fingerprint density at radius 2 is 2.12 bits per heavy atom. The van der Waals surface area contributed by atoms with Gasteiger partial charge in [-0.2, -0.15) is 0 Å². The molecule has 2 heterocycles. The van der Waals surface area contributed by atoms with Crippen LogP contribution in [0.3, 0.4) is 0 Å². The molecule has 1 aromatic rings. The smallest absolute Gasteiger partial charge is 0.336 e. The number of carboxylic acids is 1. The fourth-order valence-electron chi connectivity index (χ4n) is 2.80. The molecule has 1 aliphatic heterocycles. The summed E-state index contributed by atoms with van der Waals surface area (Å²) in [5, 5.41) is 9.23. The largest absolute Gasteiger partial charge is 0.478 e. The molecule has 2 aliphatic rings. The quantitative estimate of drug-likeness (QED) is 0.852. The van der Waals surface area contributed by atoms with Crippen LogP contribution in [0.15, 0.2) is 6.07 Å². The highest BCUT2D eigenvalue weighted by atomic mass is 16.5. The molecule has 4 heteroatoms. The summed E-state index contributed by atoms with van der Waals surface area (Å²) in [6.07, 6.45) is 4.71. The number of ether oxygens (including phenoxy) is 1. The van der Waals surface area contributed by atoms with Crippen molar-refractivity contribution in [2.45, 2.75) is 44.8 Å². The third-order valence-electron chi connectivity index (χ3n) is 3.72. The average molecular weight is 233 g/mol. The number of aromatic carboxylic acids is 1. The molecule has 0 saturated heterocycles. The van der Waals surface area contributed by atoms with E-state index in [4.69, 9.17) is 4.74 Å². The monoisotopic (exact) mass is 233 g/mol. The van der Waals surface area contributed by atoms with E-state index in [1.165, 1.54) is 12.8 Å². The van der Waals surface area contributed by atoms with E-state index in [1.807, 2.05) is 0 Å². The third-order valence-corrected chi connectivity index (χ3v) is 3.72. The summed E-state index contributed by atoms with van der Waals surface area (Å²) in [7, 11) is 0. The number of carbonyl (C=O) groups is 1. The molecule has 0 aromatic carbocycles. The van der Waals surface area contributed by atoms with Crippen molar-refractivity contribution in [3.05, 3.63) is 28.6 Å². The van der Waals surface area contributed by atoms with Gasteiger partial charge in [-0.05, 0) is 18.9 Å². The molecule has 1 N–H and O–H groups in total. The van der Waals surface area contributed by atoms with Crippen molar-refractivity contribution in [1.29, 1.82) is 0 Å². The molecule has 0 amide bonds. The van der Waals surface area contributed by atoms with E-state index >= 15 is 0 Å². The van der Waals surface area contributed by atoms with Gasteiger partial charge in [0.1, 0.15) is 0 Å². The minimum Gasteiger partial charge on any atom is -0.478 e. The van der Waals surface area contributed by atoms with Gasteiger partial charge in [-0.15, -0.1) is 0 Å². The first kappa shape index (κ1) is 10.7. The minimum absolute atomic E-state index is 0.384. The molecule has 0 bridgehead atoms. The number of carboxylic acid groups (broad SMARTS) is 1. The van der Waals surface area contributed by atoms with E-state index in [0.29, 0.717) is 24.7 Å². The Hall–Kier alpha value is -1.42. The first-order valence-electron chi connectivity index (χ1n) is 6.09. The maximum absolute atomic E-state index is 11.2. The lowest BCUT2D eigenvalue weighted by molar-refractivity contribution is 0.0692. The molecule has 0 radical (unpaired) electrons. The zero-order chi connectivity index (χ0) is 11.8. The summed E-state index contributed by atoms with van der Waals surface area (Å²) in [5.41, 5.74) is 2.92. The number of pyridine rings is 1. The minimum atomic E-state index is -0.867. The van der Waals surface area contributed by atoms with Gasteiger partial charge in [0, 0.05) is 17.2 Å². The van der Waals surface area contributed by atoms with Crippen molar-refractivity contribution < 1.29 is 14.6 Å². The lowest BCUT2D eigenvalue weighted by Gasteiger charge is -2.11. The molecule has 90 valence electrons. The van der Waals surface area contributed by atoms with Crippen LogP contribution in [-0.4, -0.2) is 16.1 Å². The Bertz CT molecular complexity index is 464. The van der Waals surface area contributed by atoms with Gasteiger partial charge in [-0.1, -0.05) is 12.8 Å². The van der Waals surface area contributed by atoms with Gasteiger partial charge in [0.2, 0.25) is 0 Å². The molecule has 1 aliphatic carbocycles. The summed E-state index contributed by atoms with van der Waals surface area (Å²) in [4.78, 5) is 15.8. The van der Waals surface area contributed by atoms with Gasteiger partial charge in [0.15, 0.2) is 0 Å². The van der Waals surface area contributed by atoms with Crippen LogP contribution < -0.4 is 0 Å². The van der Waals surface area contributed by atoms with Crippen LogP contribution >= 0.6 is 0 Å². The van der Waals surface area contributed by atoms with Gasteiger partial charge < -0.3 is 9.84 Å². The van der Waals surface area contributed by atoms with Crippen LogP contribution in [0.4, 0.5) is 0 Å². The Labute approximate surface area is 99.6 Å². The molecule has 17 heavy (non-hydrogen) atoms. The van der Waals surface area contributed by atoms with E-state index in [0.717, 1.165) is 29.8 Å². The zero-order valence-electron chi connectivity index (χ0n) is 9.61. The summed E-state index contributed by atoms with van der Waals surface area (Å²) in [6.45, 7) is 0.838. The molecule has 1 saturated carbocycles. The SMILES string of the molecule is O=C(O)c1cc(C2CCCC2)nc2c1COC2. The molecule has 0 spiro atoms. The van der Waals surface area contributed by atoms with Crippen molar-refractivity contribution in [1.82, 2.24) is 4.98 Å². The van der Waals surface area contributed by atoms with Gasteiger partial charge in [0.05, 0.1) is 24.5 Å². The molecule has 3 rings (SSSR count). The summed E-state index contributed by atoms with van der Waals surface area (Å²) in [6, 6.07) is 1.76. The van der Waals surface area contributed by atoms with Gasteiger partial charge in [0.25, 0.3) is 0 Å². The van der Waals surface area contributed by atoms with Gasteiger partial charge in [-0.25, -0.2) is 4.79 Å². The lowest BCUT2D eigenvalue weighted by Crippen LogP contribution is -2.08. The van der Waals surface area contributed by atoms with Crippen LogP contribution in [-0.2, 0) is 18.0 Å². The number of aromatic nitrogens is 1. The van der Waals surface area contributed by atoms with Crippen molar-refractivity contribution in [3.8, 4) is 0 Å². The van der Waals surface area contributed by atoms with Crippen molar-refractivity contribution in [2.75, 3.05) is 0 Å². The van der Waals surface area contributed by atoms with E-state index < -0.39 is 5.97 Å². The molecule has 0 atom stereocenters. The van der Waals surface area contributed by atoms with E-state index in [9.17, 15) is 9.90 Å². The summed E-state index contributed by atoms with van der Waals surface area (Å²) < 4.78 is 5.30. The molecule has 4 nitrogen and oxygen atoms in total. The number of nitrogens with zero attached hydrogens (tertiary/aromatic N) is 1. The predicted molar refractivity (Wildman–Crippen MR) is 60.9 cm³/mol. The number of fused-ring (bicyclic) bond motifs is 1. The fourth-order valence-corrected chi connectivity index (χ4v) is 2.80. The summed E-state index contributed by atoms with van der Waals surface area (Å²) >= 11 is 0. The molecule has 0 unspecified atom stereocenters. The summed E-state index contributed by atoms with van der Waals surface area (Å²) in [5.74, 6) is -0.424. The predicted octanol–water partition coefficient (Wildman–Crippen LogP) is 2.47. The van der Waals surface area contributed by atoms with Crippen LogP contribution in [0, 0.1) is 0 Å². The number of hydrogen-bond acceptors (Lipinski definition) is 3. The van der Waals surface area contributed by atoms with Gasteiger partial charge in [-0.3, -0.25) is 4.98 Å². The molecular weight excluding hydrogens is 218 g/mol. The third kappa shape index (κ3) is 1.82. The normalized spacial score (nSPS) is 19.5. The molecular formula is C13H15NO3. The lowest BCUT2D eigenvalue weighted by atomic mass is 9.98. The number of rotatable bonds is 2. The zero-order valence-corrected chi connectivity index (χ0v) is 9.61. The second kappa shape index (κ2) is 4.11. The highest BCUT2D eigenvalue weighted by Crippen LogP contribution is 2.35. The topological polar surface area (TPSA) is 59.4 Å². The Kier molecular flexibility index (Phi) is 2.59.